The van der Waals surface area contributed by atoms with Crippen LogP contribution < -0.4 is 11.0 Å². The number of hydrogen-bond acceptors (Lipinski definition) is 7. The summed E-state index contributed by atoms with van der Waals surface area (Å²) in [6.07, 6.45) is 1.76. The Morgan fingerprint density at radius 2 is 1.65 bits per heavy atom. The van der Waals surface area contributed by atoms with Gasteiger partial charge in [0.25, 0.3) is 11.5 Å². The molecule has 1 amide bonds. The van der Waals surface area contributed by atoms with Crippen LogP contribution in [0.4, 0.5) is 0 Å². The molecule has 0 aliphatic carbocycles. The van der Waals surface area contributed by atoms with Gasteiger partial charge < -0.3 is 0 Å². The highest BCUT2D eigenvalue weighted by atomic mass is 32.2. The van der Waals surface area contributed by atoms with E-state index in [1.807, 2.05) is 30.3 Å². The lowest BCUT2D eigenvalue weighted by Gasteiger charge is -2.27. The summed E-state index contributed by atoms with van der Waals surface area (Å²) >= 11 is 0. The fourth-order valence-electron chi connectivity index (χ4n) is 5.12. The number of rotatable bonds is 8. The lowest BCUT2D eigenvalue weighted by atomic mass is 10.1. The van der Waals surface area contributed by atoms with Gasteiger partial charge in [0.2, 0.25) is 10.0 Å². The quantitative estimate of drug-likeness (QED) is 0.250. The van der Waals surface area contributed by atoms with Crippen molar-refractivity contribution in [2.24, 2.45) is 0 Å². The summed E-state index contributed by atoms with van der Waals surface area (Å²) < 4.78 is 27.8. The monoisotopic (exact) mass is 561 g/mol. The number of carbonyl (C=O) groups is 1. The second-order valence-electron chi connectivity index (χ2n) is 10.1. The molecular weight excluding hydrogens is 530 g/mol. The number of nitrogens with one attached hydrogen (secondary N) is 1. The molecule has 1 aliphatic heterocycles. The molecule has 10 nitrogen and oxygen atoms in total. The Labute approximate surface area is 232 Å². The van der Waals surface area contributed by atoms with E-state index < -0.39 is 15.9 Å². The molecule has 2 heterocycles. The number of carbonyl (C=O) groups excluding carboxylic acids is 1. The lowest BCUT2D eigenvalue weighted by molar-refractivity contribution is 0.0706. The number of likely N-dealkylation sites (tertiary alicyclic amines) is 1. The van der Waals surface area contributed by atoms with Gasteiger partial charge in [-0.3, -0.25) is 24.3 Å². The van der Waals surface area contributed by atoms with Gasteiger partial charge in [-0.1, -0.05) is 36.4 Å². The number of aromatic nitrogens is 2. The van der Waals surface area contributed by atoms with Crippen molar-refractivity contribution in [2.45, 2.75) is 36.9 Å². The minimum absolute atomic E-state index is 0.109. The largest absolute Gasteiger partial charge is 0.290 e. The van der Waals surface area contributed by atoms with Crippen molar-refractivity contribution >= 4 is 26.8 Å². The van der Waals surface area contributed by atoms with Gasteiger partial charge in [-0.05, 0) is 66.9 Å². The number of nitrogens with zero attached hydrogens (tertiary/aromatic N) is 4. The predicted octanol–water partition coefficient (Wildman–Crippen LogP) is 3.15. The molecule has 3 aromatic carbocycles. The minimum Gasteiger partial charge on any atom is -0.290 e. The molecule has 4 aromatic rings. The molecule has 0 unspecified atom stereocenters. The molecule has 5 rings (SSSR count). The van der Waals surface area contributed by atoms with Crippen LogP contribution in [0, 0.1) is 0 Å². The van der Waals surface area contributed by atoms with Gasteiger partial charge >= 0.3 is 0 Å². The summed E-state index contributed by atoms with van der Waals surface area (Å²) in [6.45, 7) is 1.67. The molecule has 0 spiro atoms. The molecule has 1 fully saturated rings. The molecule has 40 heavy (non-hydrogen) atoms. The molecule has 2 N–H and O–H groups in total. The van der Waals surface area contributed by atoms with Gasteiger partial charge in [0.05, 0.1) is 28.4 Å². The second kappa shape index (κ2) is 11.3. The maximum atomic E-state index is 13.7. The van der Waals surface area contributed by atoms with Crippen molar-refractivity contribution < 1.29 is 18.4 Å². The van der Waals surface area contributed by atoms with Crippen molar-refractivity contribution in [1.82, 2.24) is 24.2 Å². The van der Waals surface area contributed by atoms with Crippen molar-refractivity contribution in [3.63, 3.8) is 0 Å². The summed E-state index contributed by atoms with van der Waals surface area (Å²) in [5, 5.41) is 9.43. The average molecular weight is 562 g/mol. The molecule has 0 saturated carbocycles. The van der Waals surface area contributed by atoms with E-state index in [2.05, 4.69) is 4.90 Å². The Balaban J connectivity index is 1.48. The zero-order valence-electron chi connectivity index (χ0n) is 22.3. The predicted molar refractivity (Wildman–Crippen MR) is 150 cm³/mol. The molecule has 0 bridgehead atoms. The van der Waals surface area contributed by atoms with Crippen molar-refractivity contribution in [2.75, 3.05) is 20.6 Å². The minimum atomic E-state index is -3.51. The summed E-state index contributed by atoms with van der Waals surface area (Å²) in [7, 11) is -0.491. The average Bonchev–Trinajstić information content (AvgIpc) is 3.42. The lowest BCUT2D eigenvalue weighted by Crippen LogP contribution is -2.32. The van der Waals surface area contributed by atoms with Crippen LogP contribution in [0.15, 0.2) is 82.5 Å². The maximum absolute atomic E-state index is 13.7. The van der Waals surface area contributed by atoms with Crippen LogP contribution in [0.3, 0.4) is 0 Å². The highest BCUT2D eigenvalue weighted by Crippen LogP contribution is 2.33. The van der Waals surface area contributed by atoms with Gasteiger partial charge in [-0.2, -0.15) is 0 Å². The van der Waals surface area contributed by atoms with E-state index in [-0.39, 0.29) is 23.0 Å². The smallest absolute Gasteiger partial charge is 0.274 e. The Bertz CT molecular complexity index is 1700. The normalized spacial score (nSPS) is 16.1. The van der Waals surface area contributed by atoms with E-state index in [0.29, 0.717) is 28.8 Å². The van der Waals surface area contributed by atoms with Crippen LogP contribution in [0.25, 0.3) is 10.9 Å². The first-order valence-corrected chi connectivity index (χ1v) is 14.4. The van der Waals surface area contributed by atoms with Gasteiger partial charge in [0.15, 0.2) is 0 Å². The van der Waals surface area contributed by atoms with E-state index in [4.69, 9.17) is 10.2 Å². The first-order chi connectivity index (χ1) is 19.2. The Morgan fingerprint density at radius 1 is 1.00 bits per heavy atom. The standard InChI is InChI=1S/C29H31N5O5S/c1-32(2)40(38,39)23-15-11-20(12-16-23)18-33-17-5-8-26(33)27-30-25-7-4-3-6-24(25)29(36)34(27)19-21-9-13-22(14-10-21)28(35)31-37/h3-4,6-7,9-16,26,37H,5,8,17-19H2,1-2H3,(H,31,35)/t26-/m0/s1. The van der Waals surface area contributed by atoms with Crippen LogP contribution in [-0.4, -0.2) is 58.9 Å². The van der Waals surface area contributed by atoms with E-state index in [1.165, 1.54) is 18.4 Å². The molecule has 0 radical (unpaired) electrons. The Hall–Kier alpha value is -3.90. The van der Waals surface area contributed by atoms with Crippen molar-refractivity contribution in [3.05, 3.63) is 106 Å². The van der Waals surface area contributed by atoms with Gasteiger partial charge in [0, 0.05) is 26.2 Å². The third-order valence-corrected chi connectivity index (χ3v) is 9.13. The maximum Gasteiger partial charge on any atom is 0.274 e. The first kappa shape index (κ1) is 27.7. The number of fused-ring (bicyclic) bond motifs is 1. The number of para-hydroxylation sites is 1. The van der Waals surface area contributed by atoms with Crippen LogP contribution in [-0.2, 0) is 23.1 Å². The molecule has 1 atom stereocenters. The molecule has 208 valence electrons. The number of hydroxylamine groups is 1. The fourth-order valence-corrected chi connectivity index (χ4v) is 6.02. The zero-order valence-corrected chi connectivity index (χ0v) is 23.1. The van der Waals surface area contributed by atoms with E-state index in [9.17, 15) is 18.0 Å². The van der Waals surface area contributed by atoms with E-state index in [1.54, 1.807) is 52.5 Å². The summed E-state index contributed by atoms with van der Waals surface area (Å²) in [5.41, 5.74) is 4.22. The molecular formula is C29H31N5O5S. The molecule has 1 saturated heterocycles. The van der Waals surface area contributed by atoms with Gasteiger partial charge in [-0.15, -0.1) is 0 Å². The highest BCUT2D eigenvalue weighted by Gasteiger charge is 2.30. The van der Waals surface area contributed by atoms with E-state index in [0.717, 1.165) is 30.5 Å². The fraction of sp³-hybridized carbons (Fsp3) is 0.276. The first-order valence-electron chi connectivity index (χ1n) is 13.0. The highest BCUT2D eigenvalue weighted by molar-refractivity contribution is 7.89. The topological polar surface area (TPSA) is 125 Å². The summed E-state index contributed by atoms with van der Waals surface area (Å²) in [6, 6.07) is 20.8. The number of amides is 1. The van der Waals surface area contributed by atoms with Crippen LogP contribution in [0.1, 0.15) is 46.2 Å². The zero-order chi connectivity index (χ0) is 28.4. The third-order valence-electron chi connectivity index (χ3n) is 7.30. The molecule has 1 aromatic heterocycles. The number of sulfonamides is 1. The number of hydrogen-bond donors (Lipinski definition) is 2. The number of benzene rings is 3. The van der Waals surface area contributed by atoms with Crippen molar-refractivity contribution in [1.29, 1.82) is 0 Å². The second-order valence-corrected chi connectivity index (χ2v) is 12.2. The van der Waals surface area contributed by atoms with Gasteiger partial charge in [-0.25, -0.2) is 23.2 Å². The van der Waals surface area contributed by atoms with E-state index >= 15 is 0 Å². The SMILES string of the molecule is CN(C)S(=O)(=O)c1ccc(CN2CCC[C@H]2c2nc3ccccc3c(=O)n2Cc2ccc(C(=O)NO)cc2)cc1. The van der Waals surface area contributed by atoms with Gasteiger partial charge in [0.1, 0.15) is 5.82 Å². The third kappa shape index (κ3) is 5.41. The molecule has 1 aliphatic rings. The summed E-state index contributed by atoms with van der Waals surface area (Å²) in [4.78, 5) is 32.9. The molecule has 11 heteroatoms. The van der Waals surface area contributed by atoms with Crippen LogP contribution >= 0.6 is 0 Å². The van der Waals surface area contributed by atoms with Crippen molar-refractivity contribution in [3.8, 4) is 0 Å². The Kier molecular flexibility index (Phi) is 7.81. The van der Waals surface area contributed by atoms with Crippen LogP contribution in [0.2, 0.25) is 0 Å². The summed E-state index contributed by atoms with van der Waals surface area (Å²) in [5.74, 6) is 0.0657. The van der Waals surface area contributed by atoms with Crippen LogP contribution in [0.5, 0.6) is 0 Å². The Morgan fingerprint density at radius 3 is 2.33 bits per heavy atom.